The zero-order valence-electron chi connectivity index (χ0n) is 9.75. The number of rotatable bonds is 3. The molecule has 0 amide bonds. The van der Waals surface area contributed by atoms with E-state index in [1.165, 1.54) is 12.1 Å². The van der Waals surface area contributed by atoms with Gasteiger partial charge in [0.1, 0.15) is 11.0 Å². The van der Waals surface area contributed by atoms with Crippen LogP contribution in [0, 0.1) is 5.82 Å². The Morgan fingerprint density at radius 2 is 2.05 bits per heavy atom. The summed E-state index contributed by atoms with van der Waals surface area (Å²) in [6, 6.07) is 4.33. The van der Waals surface area contributed by atoms with Gasteiger partial charge in [0, 0.05) is 12.7 Å². The summed E-state index contributed by atoms with van der Waals surface area (Å²) in [5.74, 6) is -0.217. The molecule has 0 unspecified atom stereocenters. The molecule has 2 aromatic rings. The van der Waals surface area contributed by atoms with E-state index in [4.69, 9.17) is 27.9 Å². The Morgan fingerprint density at radius 3 is 2.68 bits per heavy atom. The molecule has 1 heterocycles. The normalized spacial score (nSPS) is 10.8. The van der Waals surface area contributed by atoms with Crippen molar-refractivity contribution < 1.29 is 9.13 Å². The molecule has 3 nitrogen and oxygen atoms in total. The molecule has 0 aliphatic rings. The van der Waals surface area contributed by atoms with Gasteiger partial charge in [0.15, 0.2) is 5.82 Å². The zero-order valence-corrected chi connectivity index (χ0v) is 12.9. The van der Waals surface area contributed by atoms with Crippen LogP contribution >= 0.6 is 39.1 Å². The third kappa shape index (κ3) is 3.23. The SMILES string of the molecule is COCc1nc(-c2ccc(Cl)c(F)c2)nc(Cl)c1Br. The highest BCUT2D eigenvalue weighted by atomic mass is 79.9. The fourth-order valence-corrected chi connectivity index (χ4v) is 2.06. The van der Waals surface area contributed by atoms with E-state index in [0.717, 1.165) is 0 Å². The maximum absolute atomic E-state index is 13.4. The molecule has 0 saturated carbocycles. The Bertz CT molecular complexity index is 625. The standard InChI is InChI=1S/C12H8BrCl2FN2O/c1-19-5-9-10(13)11(15)18-12(17-9)6-2-3-7(14)8(16)4-6/h2-4H,5H2,1H3. The van der Waals surface area contributed by atoms with Crippen LogP contribution in [0.3, 0.4) is 0 Å². The number of nitrogens with zero attached hydrogens (tertiary/aromatic N) is 2. The molecule has 0 atom stereocenters. The summed E-state index contributed by atoms with van der Waals surface area (Å²) in [7, 11) is 1.55. The van der Waals surface area contributed by atoms with E-state index in [-0.39, 0.29) is 16.8 Å². The van der Waals surface area contributed by atoms with Crippen LogP contribution in [0.15, 0.2) is 22.7 Å². The minimum absolute atomic E-state index is 0.0454. The number of benzene rings is 1. The van der Waals surface area contributed by atoms with E-state index >= 15 is 0 Å². The number of aromatic nitrogens is 2. The lowest BCUT2D eigenvalue weighted by molar-refractivity contribution is 0.181. The van der Waals surface area contributed by atoms with Gasteiger partial charge in [-0.3, -0.25) is 0 Å². The fourth-order valence-electron chi connectivity index (χ4n) is 1.46. The predicted octanol–water partition coefficient (Wildman–Crippen LogP) is 4.50. The minimum atomic E-state index is -0.532. The Hall–Kier alpha value is -0.750. The maximum atomic E-state index is 13.4. The van der Waals surface area contributed by atoms with Crippen molar-refractivity contribution in [3.05, 3.63) is 44.4 Å². The van der Waals surface area contributed by atoms with Crippen LogP contribution < -0.4 is 0 Å². The minimum Gasteiger partial charge on any atom is -0.378 e. The van der Waals surface area contributed by atoms with Crippen LogP contribution in [0.25, 0.3) is 11.4 Å². The summed E-state index contributed by atoms with van der Waals surface area (Å²) in [6.45, 7) is 0.270. The Morgan fingerprint density at radius 1 is 1.32 bits per heavy atom. The van der Waals surface area contributed by atoms with Gasteiger partial charge in [0.05, 0.1) is 21.8 Å². The fraction of sp³-hybridized carbons (Fsp3) is 0.167. The third-order valence-electron chi connectivity index (χ3n) is 2.34. The quantitative estimate of drug-likeness (QED) is 0.751. The van der Waals surface area contributed by atoms with E-state index in [1.807, 2.05) is 0 Å². The van der Waals surface area contributed by atoms with Gasteiger partial charge in [0.2, 0.25) is 0 Å². The van der Waals surface area contributed by atoms with Crippen LogP contribution in [0.2, 0.25) is 10.2 Å². The molecule has 0 radical (unpaired) electrons. The first kappa shape index (κ1) is 14.7. The lowest BCUT2D eigenvalue weighted by Gasteiger charge is -2.08. The van der Waals surface area contributed by atoms with Crippen molar-refractivity contribution in [3.63, 3.8) is 0 Å². The molecular weight excluding hydrogens is 358 g/mol. The first-order chi connectivity index (χ1) is 9.02. The van der Waals surface area contributed by atoms with Crippen molar-refractivity contribution in [1.82, 2.24) is 9.97 Å². The highest BCUT2D eigenvalue weighted by Gasteiger charge is 2.13. The molecule has 1 aromatic carbocycles. The first-order valence-corrected chi connectivity index (χ1v) is 6.74. The molecule has 0 spiro atoms. The Balaban J connectivity index is 2.52. The van der Waals surface area contributed by atoms with Gasteiger partial charge in [-0.2, -0.15) is 0 Å². The molecule has 19 heavy (non-hydrogen) atoms. The average molecular weight is 366 g/mol. The number of halogens is 4. The molecule has 0 N–H and O–H groups in total. The number of methoxy groups -OCH3 is 1. The van der Waals surface area contributed by atoms with E-state index in [1.54, 1.807) is 13.2 Å². The monoisotopic (exact) mass is 364 g/mol. The summed E-state index contributed by atoms with van der Waals surface area (Å²) in [5, 5.41) is 0.288. The molecule has 0 saturated heterocycles. The number of hydrogen-bond acceptors (Lipinski definition) is 3. The molecule has 2 rings (SSSR count). The van der Waals surface area contributed by atoms with Crippen LogP contribution in [-0.2, 0) is 11.3 Å². The first-order valence-electron chi connectivity index (χ1n) is 5.19. The van der Waals surface area contributed by atoms with Crippen molar-refractivity contribution in [2.75, 3.05) is 7.11 Å². The second-order valence-corrected chi connectivity index (χ2v) is 5.22. The van der Waals surface area contributed by atoms with E-state index < -0.39 is 5.82 Å². The molecule has 0 aliphatic heterocycles. The van der Waals surface area contributed by atoms with Crippen LogP contribution in [0.1, 0.15) is 5.69 Å². The third-order valence-corrected chi connectivity index (χ3v) is 3.98. The summed E-state index contributed by atoms with van der Waals surface area (Å²) < 4.78 is 19.0. The van der Waals surface area contributed by atoms with Gasteiger partial charge >= 0.3 is 0 Å². The largest absolute Gasteiger partial charge is 0.378 e. The summed E-state index contributed by atoms with van der Waals surface area (Å²) >= 11 is 14.9. The Labute approximate surface area is 127 Å². The zero-order chi connectivity index (χ0) is 14.0. The van der Waals surface area contributed by atoms with Crippen LogP contribution in [0.4, 0.5) is 4.39 Å². The van der Waals surface area contributed by atoms with Crippen molar-refractivity contribution in [2.45, 2.75) is 6.61 Å². The second kappa shape index (κ2) is 6.13. The summed E-state index contributed by atoms with van der Waals surface area (Å²) in [4.78, 5) is 8.39. The Kier molecular flexibility index (Phi) is 4.73. The van der Waals surface area contributed by atoms with Gasteiger partial charge in [-0.05, 0) is 34.1 Å². The molecule has 0 aliphatic carbocycles. The molecule has 0 fully saturated rings. The van der Waals surface area contributed by atoms with Gasteiger partial charge < -0.3 is 4.74 Å². The predicted molar refractivity (Wildman–Crippen MR) is 75.9 cm³/mol. The van der Waals surface area contributed by atoms with Gasteiger partial charge in [-0.15, -0.1) is 0 Å². The van der Waals surface area contributed by atoms with Crippen LogP contribution in [0.5, 0.6) is 0 Å². The summed E-state index contributed by atoms with van der Waals surface area (Å²) in [6.07, 6.45) is 0. The van der Waals surface area contributed by atoms with Gasteiger partial charge in [-0.1, -0.05) is 23.2 Å². The highest BCUT2D eigenvalue weighted by molar-refractivity contribution is 9.10. The van der Waals surface area contributed by atoms with Gasteiger partial charge in [-0.25, -0.2) is 14.4 Å². The number of hydrogen-bond donors (Lipinski definition) is 0. The van der Waals surface area contributed by atoms with E-state index in [0.29, 0.717) is 21.6 Å². The van der Waals surface area contributed by atoms with Crippen LogP contribution in [-0.4, -0.2) is 17.1 Å². The molecular formula is C12H8BrCl2FN2O. The smallest absolute Gasteiger partial charge is 0.161 e. The summed E-state index contributed by atoms with van der Waals surface area (Å²) in [5.41, 5.74) is 1.08. The van der Waals surface area contributed by atoms with Gasteiger partial charge in [0.25, 0.3) is 0 Å². The lowest BCUT2D eigenvalue weighted by Crippen LogP contribution is -2.00. The van der Waals surface area contributed by atoms with E-state index in [9.17, 15) is 4.39 Å². The maximum Gasteiger partial charge on any atom is 0.161 e. The topological polar surface area (TPSA) is 35.0 Å². The molecule has 100 valence electrons. The highest BCUT2D eigenvalue weighted by Crippen LogP contribution is 2.28. The second-order valence-electron chi connectivity index (χ2n) is 3.66. The number of ether oxygens (including phenoxy) is 1. The van der Waals surface area contributed by atoms with Crippen molar-refractivity contribution in [1.29, 1.82) is 0 Å². The molecule has 1 aromatic heterocycles. The van der Waals surface area contributed by atoms with Crippen molar-refractivity contribution in [3.8, 4) is 11.4 Å². The van der Waals surface area contributed by atoms with E-state index in [2.05, 4.69) is 25.9 Å². The molecule has 7 heteroatoms. The van der Waals surface area contributed by atoms with Crippen molar-refractivity contribution >= 4 is 39.1 Å². The van der Waals surface area contributed by atoms with Crippen molar-refractivity contribution in [2.24, 2.45) is 0 Å². The molecule has 0 bridgehead atoms. The lowest BCUT2D eigenvalue weighted by atomic mass is 10.2. The average Bonchev–Trinajstić information content (AvgIpc) is 2.38.